The molecule has 1 unspecified atom stereocenters. The molecule has 0 saturated carbocycles. The number of hydrogen-bond acceptors (Lipinski definition) is 4. The number of carboxylic acid groups (broad SMARTS) is 1. The summed E-state index contributed by atoms with van der Waals surface area (Å²) in [7, 11) is 0. The zero-order valence-electron chi connectivity index (χ0n) is 11.2. The van der Waals surface area contributed by atoms with E-state index in [1.54, 1.807) is 18.2 Å². The molecule has 1 atom stereocenters. The number of nitrogens with two attached hydrogens (primary N) is 1. The summed E-state index contributed by atoms with van der Waals surface area (Å²) in [4.78, 5) is 13.6. The van der Waals surface area contributed by atoms with Crippen LogP contribution in [0.3, 0.4) is 0 Å². The van der Waals surface area contributed by atoms with Crippen LogP contribution in [0.1, 0.15) is 30.1 Å². The van der Waals surface area contributed by atoms with Gasteiger partial charge in [-0.05, 0) is 44.1 Å². The lowest BCUT2D eigenvalue weighted by molar-refractivity contribution is 0.0698. The molecule has 0 aliphatic carbocycles. The van der Waals surface area contributed by atoms with Gasteiger partial charge in [0, 0.05) is 18.3 Å². The Hall–Kier alpha value is -1.75. The summed E-state index contributed by atoms with van der Waals surface area (Å²) in [6, 6.07) is 5.33. The number of benzene rings is 1. The Balaban J connectivity index is 2.06. The van der Waals surface area contributed by atoms with E-state index in [-0.39, 0.29) is 5.56 Å². The number of hydrogen-bond donors (Lipinski definition) is 3. The van der Waals surface area contributed by atoms with Gasteiger partial charge in [-0.25, -0.2) is 4.79 Å². The molecule has 1 aliphatic rings. The van der Waals surface area contributed by atoms with Gasteiger partial charge in [-0.1, -0.05) is 6.92 Å². The van der Waals surface area contributed by atoms with Gasteiger partial charge in [-0.2, -0.15) is 0 Å². The molecule has 0 spiro atoms. The van der Waals surface area contributed by atoms with E-state index in [2.05, 4.69) is 17.1 Å². The maximum atomic E-state index is 11.2. The van der Waals surface area contributed by atoms with Crippen LogP contribution in [0.25, 0.3) is 0 Å². The molecule has 0 bridgehead atoms. The van der Waals surface area contributed by atoms with Crippen molar-refractivity contribution >= 4 is 17.3 Å². The molecule has 1 fully saturated rings. The van der Waals surface area contributed by atoms with Gasteiger partial charge in [-0.3, -0.25) is 4.90 Å². The summed E-state index contributed by atoms with van der Waals surface area (Å²) in [6.45, 7) is 5.08. The number of carboxylic acids is 1. The van der Waals surface area contributed by atoms with Crippen LogP contribution in [0.4, 0.5) is 11.4 Å². The lowest BCUT2D eigenvalue weighted by Gasteiger charge is -2.23. The largest absolute Gasteiger partial charge is 0.478 e. The minimum absolute atomic E-state index is 0.273. The number of anilines is 2. The number of carbonyl (C=O) groups is 1. The second-order valence-corrected chi connectivity index (χ2v) is 4.92. The molecule has 0 aromatic heterocycles. The summed E-state index contributed by atoms with van der Waals surface area (Å²) in [5, 5.41) is 12.4. The van der Waals surface area contributed by atoms with Crippen LogP contribution in [0.5, 0.6) is 0 Å². The topological polar surface area (TPSA) is 78.6 Å². The van der Waals surface area contributed by atoms with Crippen molar-refractivity contribution in [1.82, 2.24) is 4.90 Å². The molecule has 5 nitrogen and oxygen atoms in total. The van der Waals surface area contributed by atoms with Crippen LogP contribution >= 0.6 is 0 Å². The average Bonchev–Trinajstić information content (AvgIpc) is 2.83. The molecule has 1 heterocycles. The molecular weight excluding hydrogens is 242 g/mol. The summed E-state index contributed by atoms with van der Waals surface area (Å²) < 4.78 is 0. The summed E-state index contributed by atoms with van der Waals surface area (Å²) in [5.41, 5.74) is 7.18. The first-order valence-corrected chi connectivity index (χ1v) is 6.72. The first kappa shape index (κ1) is 13.7. The van der Waals surface area contributed by atoms with Crippen molar-refractivity contribution < 1.29 is 9.90 Å². The molecule has 1 aliphatic heterocycles. The highest BCUT2D eigenvalue weighted by Gasteiger charge is 2.23. The maximum Gasteiger partial charge on any atom is 0.337 e. The summed E-state index contributed by atoms with van der Waals surface area (Å²) in [5.74, 6) is -0.929. The van der Waals surface area contributed by atoms with E-state index in [0.717, 1.165) is 26.1 Å². The van der Waals surface area contributed by atoms with Gasteiger partial charge in [0.05, 0.1) is 11.3 Å². The molecule has 104 valence electrons. The number of nitrogens with one attached hydrogen (secondary N) is 1. The summed E-state index contributed by atoms with van der Waals surface area (Å²) >= 11 is 0. The normalized spacial score (nSPS) is 19.5. The maximum absolute atomic E-state index is 11.2. The van der Waals surface area contributed by atoms with Gasteiger partial charge < -0.3 is 16.2 Å². The van der Waals surface area contributed by atoms with Crippen LogP contribution in [-0.2, 0) is 0 Å². The minimum Gasteiger partial charge on any atom is -0.478 e. The molecule has 5 heteroatoms. The first-order valence-electron chi connectivity index (χ1n) is 6.72. The molecule has 1 saturated heterocycles. The average molecular weight is 263 g/mol. The molecule has 19 heavy (non-hydrogen) atoms. The smallest absolute Gasteiger partial charge is 0.337 e. The number of likely N-dealkylation sites (tertiary alicyclic amines) is 1. The Morgan fingerprint density at radius 2 is 2.37 bits per heavy atom. The number of rotatable bonds is 5. The molecular formula is C14H21N3O2. The predicted octanol–water partition coefficient (Wildman–Crippen LogP) is 1.86. The molecule has 4 N–H and O–H groups in total. The quantitative estimate of drug-likeness (QED) is 0.707. The highest BCUT2D eigenvalue weighted by molar-refractivity contribution is 5.95. The Bertz CT molecular complexity index is 462. The molecule has 2 rings (SSSR count). The van der Waals surface area contributed by atoms with E-state index in [0.29, 0.717) is 17.4 Å². The third-order valence-electron chi connectivity index (χ3n) is 3.71. The van der Waals surface area contributed by atoms with E-state index in [4.69, 9.17) is 10.8 Å². The fourth-order valence-electron chi connectivity index (χ4n) is 2.67. The zero-order chi connectivity index (χ0) is 13.8. The van der Waals surface area contributed by atoms with Crippen molar-refractivity contribution in [3.05, 3.63) is 23.8 Å². The van der Waals surface area contributed by atoms with Crippen molar-refractivity contribution in [3.8, 4) is 0 Å². The van der Waals surface area contributed by atoms with Crippen molar-refractivity contribution in [2.45, 2.75) is 25.8 Å². The van der Waals surface area contributed by atoms with Gasteiger partial charge in [0.25, 0.3) is 0 Å². The van der Waals surface area contributed by atoms with Crippen LogP contribution in [0.15, 0.2) is 18.2 Å². The number of nitrogens with zero attached hydrogens (tertiary/aromatic N) is 1. The van der Waals surface area contributed by atoms with Gasteiger partial charge in [-0.15, -0.1) is 0 Å². The van der Waals surface area contributed by atoms with Crippen LogP contribution in [-0.4, -0.2) is 41.7 Å². The Morgan fingerprint density at radius 3 is 3.05 bits per heavy atom. The third kappa shape index (κ3) is 3.17. The SMILES string of the molecule is CCN1CCCC1CNc1cc(N)ccc1C(=O)O. The van der Waals surface area contributed by atoms with E-state index in [9.17, 15) is 4.79 Å². The fraction of sp³-hybridized carbons (Fsp3) is 0.500. The van der Waals surface area contributed by atoms with Crippen LogP contribution in [0, 0.1) is 0 Å². The molecule has 0 amide bonds. The fourth-order valence-corrected chi connectivity index (χ4v) is 2.67. The predicted molar refractivity (Wildman–Crippen MR) is 76.6 cm³/mol. The molecule has 0 radical (unpaired) electrons. The highest BCUT2D eigenvalue weighted by atomic mass is 16.4. The third-order valence-corrected chi connectivity index (χ3v) is 3.71. The lowest BCUT2D eigenvalue weighted by Crippen LogP contribution is -2.34. The zero-order valence-corrected chi connectivity index (χ0v) is 11.2. The Morgan fingerprint density at radius 1 is 1.58 bits per heavy atom. The van der Waals surface area contributed by atoms with Gasteiger partial charge in [0.15, 0.2) is 0 Å². The molecule has 1 aromatic carbocycles. The Labute approximate surface area is 113 Å². The van der Waals surface area contributed by atoms with Crippen molar-refractivity contribution in [1.29, 1.82) is 0 Å². The number of aromatic carboxylic acids is 1. The van der Waals surface area contributed by atoms with Crippen LogP contribution < -0.4 is 11.1 Å². The van der Waals surface area contributed by atoms with Crippen molar-refractivity contribution in [2.24, 2.45) is 0 Å². The van der Waals surface area contributed by atoms with Gasteiger partial charge in [0.2, 0.25) is 0 Å². The number of nitrogen functional groups attached to an aromatic ring is 1. The minimum atomic E-state index is -0.929. The molecule has 1 aromatic rings. The van der Waals surface area contributed by atoms with E-state index in [1.165, 1.54) is 6.42 Å². The second kappa shape index (κ2) is 5.93. The van der Waals surface area contributed by atoms with Crippen LogP contribution in [0.2, 0.25) is 0 Å². The number of likely N-dealkylation sites (N-methyl/N-ethyl adjacent to an activating group) is 1. The van der Waals surface area contributed by atoms with E-state index in [1.807, 2.05) is 0 Å². The van der Waals surface area contributed by atoms with E-state index < -0.39 is 5.97 Å². The monoisotopic (exact) mass is 263 g/mol. The van der Waals surface area contributed by atoms with Crippen molar-refractivity contribution in [3.63, 3.8) is 0 Å². The van der Waals surface area contributed by atoms with Crippen molar-refractivity contribution in [2.75, 3.05) is 30.7 Å². The standard InChI is InChI=1S/C14H21N3O2/c1-2-17-7-3-4-11(17)9-16-13-8-10(15)5-6-12(13)14(18)19/h5-6,8,11,16H,2-4,7,9,15H2,1H3,(H,18,19). The summed E-state index contributed by atoms with van der Waals surface area (Å²) in [6.07, 6.45) is 2.37. The lowest BCUT2D eigenvalue weighted by atomic mass is 10.1. The van der Waals surface area contributed by atoms with E-state index >= 15 is 0 Å². The van der Waals surface area contributed by atoms with Gasteiger partial charge in [0.1, 0.15) is 0 Å². The highest BCUT2D eigenvalue weighted by Crippen LogP contribution is 2.22. The first-order chi connectivity index (χ1) is 9.11. The Kier molecular flexibility index (Phi) is 4.27. The second-order valence-electron chi connectivity index (χ2n) is 4.92. The van der Waals surface area contributed by atoms with Gasteiger partial charge >= 0.3 is 5.97 Å².